The summed E-state index contributed by atoms with van der Waals surface area (Å²) >= 11 is 2.03. The van der Waals surface area contributed by atoms with Crippen molar-refractivity contribution in [2.24, 2.45) is 0 Å². The van der Waals surface area contributed by atoms with Crippen molar-refractivity contribution >= 4 is 11.8 Å². The maximum Gasteiger partial charge on any atom is 0.0625 e. The smallest absolute Gasteiger partial charge is 0.0625 e. The SMILES string of the molecule is CCc1cc(CNC2CCC(SC)CC2)n(CC)n1. The van der Waals surface area contributed by atoms with Gasteiger partial charge in [0, 0.05) is 24.4 Å². The van der Waals surface area contributed by atoms with Crippen LogP contribution in [0.1, 0.15) is 50.9 Å². The van der Waals surface area contributed by atoms with Crippen molar-refractivity contribution in [1.82, 2.24) is 15.1 Å². The van der Waals surface area contributed by atoms with Gasteiger partial charge in [-0.2, -0.15) is 16.9 Å². The molecule has 0 bridgehead atoms. The van der Waals surface area contributed by atoms with Gasteiger partial charge in [0.15, 0.2) is 0 Å². The van der Waals surface area contributed by atoms with E-state index in [1.807, 2.05) is 11.8 Å². The Morgan fingerprint density at radius 2 is 2.05 bits per heavy atom. The lowest BCUT2D eigenvalue weighted by atomic mass is 9.95. The Hall–Kier alpha value is -0.480. The third-order valence-corrected chi connectivity index (χ3v) is 5.29. The van der Waals surface area contributed by atoms with E-state index in [0.717, 1.165) is 24.8 Å². The van der Waals surface area contributed by atoms with Gasteiger partial charge in [0.25, 0.3) is 0 Å². The fourth-order valence-corrected chi connectivity index (χ4v) is 3.60. The van der Waals surface area contributed by atoms with Crippen LogP contribution < -0.4 is 5.32 Å². The quantitative estimate of drug-likeness (QED) is 0.868. The molecule has 0 spiro atoms. The molecule has 0 amide bonds. The standard InChI is InChI=1S/C15H27N3S/c1-4-12-10-14(18(5-2)17-12)11-16-13-6-8-15(19-3)9-7-13/h10,13,15-16H,4-9,11H2,1-3H3. The fraction of sp³-hybridized carbons (Fsp3) is 0.800. The average molecular weight is 281 g/mol. The number of hydrogen-bond acceptors (Lipinski definition) is 3. The molecule has 1 saturated carbocycles. The first-order chi connectivity index (χ1) is 9.26. The van der Waals surface area contributed by atoms with E-state index in [1.54, 1.807) is 0 Å². The highest BCUT2D eigenvalue weighted by atomic mass is 32.2. The molecule has 4 heteroatoms. The Balaban J connectivity index is 1.83. The molecule has 0 atom stereocenters. The predicted octanol–water partition coefficient (Wildman–Crippen LogP) is 3.23. The molecule has 1 heterocycles. The minimum Gasteiger partial charge on any atom is -0.308 e. The second-order valence-electron chi connectivity index (χ2n) is 5.39. The second kappa shape index (κ2) is 7.34. The van der Waals surface area contributed by atoms with E-state index < -0.39 is 0 Å². The maximum absolute atomic E-state index is 4.61. The summed E-state index contributed by atoms with van der Waals surface area (Å²) in [5.74, 6) is 0. The Bertz CT molecular complexity index is 381. The first-order valence-corrected chi connectivity index (χ1v) is 8.87. The van der Waals surface area contributed by atoms with Crippen molar-refractivity contribution in [2.45, 2.75) is 70.3 Å². The van der Waals surface area contributed by atoms with Crippen LogP contribution in [-0.4, -0.2) is 27.3 Å². The summed E-state index contributed by atoms with van der Waals surface area (Å²) in [7, 11) is 0. The lowest BCUT2D eigenvalue weighted by Crippen LogP contribution is -2.34. The van der Waals surface area contributed by atoms with Crippen molar-refractivity contribution in [3.05, 3.63) is 17.5 Å². The van der Waals surface area contributed by atoms with E-state index in [1.165, 1.54) is 37.1 Å². The van der Waals surface area contributed by atoms with Crippen molar-refractivity contribution in [3.63, 3.8) is 0 Å². The molecule has 0 aliphatic heterocycles. The molecule has 19 heavy (non-hydrogen) atoms. The zero-order valence-corrected chi connectivity index (χ0v) is 13.3. The van der Waals surface area contributed by atoms with Gasteiger partial charge in [0.2, 0.25) is 0 Å². The molecule has 1 N–H and O–H groups in total. The van der Waals surface area contributed by atoms with Gasteiger partial charge in [0.05, 0.1) is 11.4 Å². The lowest BCUT2D eigenvalue weighted by molar-refractivity contribution is 0.373. The van der Waals surface area contributed by atoms with Crippen LogP contribution in [0, 0.1) is 0 Å². The fourth-order valence-electron chi connectivity index (χ4n) is 2.86. The van der Waals surface area contributed by atoms with E-state index in [2.05, 4.69) is 41.3 Å². The van der Waals surface area contributed by atoms with Gasteiger partial charge in [0.1, 0.15) is 0 Å². The van der Waals surface area contributed by atoms with Crippen LogP contribution >= 0.6 is 11.8 Å². The summed E-state index contributed by atoms with van der Waals surface area (Å²) in [5, 5.41) is 9.23. The minimum absolute atomic E-state index is 0.702. The van der Waals surface area contributed by atoms with Crippen molar-refractivity contribution in [3.8, 4) is 0 Å². The number of hydrogen-bond donors (Lipinski definition) is 1. The van der Waals surface area contributed by atoms with Crippen LogP contribution in [0.5, 0.6) is 0 Å². The molecule has 0 aromatic carbocycles. The highest BCUT2D eigenvalue weighted by Gasteiger charge is 2.20. The minimum atomic E-state index is 0.702. The number of aryl methyl sites for hydroxylation is 2. The summed E-state index contributed by atoms with van der Waals surface area (Å²) in [6, 6.07) is 2.96. The zero-order chi connectivity index (χ0) is 13.7. The molecule has 1 fully saturated rings. The van der Waals surface area contributed by atoms with Crippen molar-refractivity contribution in [2.75, 3.05) is 6.26 Å². The molecule has 1 aliphatic carbocycles. The van der Waals surface area contributed by atoms with Crippen LogP contribution in [0.4, 0.5) is 0 Å². The number of rotatable bonds is 6. The summed E-state index contributed by atoms with van der Waals surface area (Å²) in [6.07, 6.45) is 8.65. The van der Waals surface area contributed by atoms with Crippen molar-refractivity contribution < 1.29 is 0 Å². The van der Waals surface area contributed by atoms with Gasteiger partial charge >= 0.3 is 0 Å². The molecule has 1 aliphatic rings. The molecular formula is C15H27N3S. The molecule has 3 nitrogen and oxygen atoms in total. The van der Waals surface area contributed by atoms with Gasteiger partial charge in [-0.05, 0) is 51.3 Å². The summed E-state index contributed by atoms with van der Waals surface area (Å²) in [6.45, 7) is 6.27. The molecule has 0 radical (unpaired) electrons. The van der Waals surface area contributed by atoms with E-state index in [-0.39, 0.29) is 0 Å². The Labute approximate surface area is 121 Å². The lowest BCUT2D eigenvalue weighted by Gasteiger charge is -2.28. The van der Waals surface area contributed by atoms with Crippen molar-refractivity contribution in [1.29, 1.82) is 0 Å². The third-order valence-electron chi connectivity index (χ3n) is 4.16. The Morgan fingerprint density at radius 3 is 2.63 bits per heavy atom. The van der Waals surface area contributed by atoms with Crippen LogP contribution in [0.15, 0.2) is 6.07 Å². The van der Waals surface area contributed by atoms with Gasteiger partial charge in [-0.15, -0.1) is 0 Å². The summed E-state index contributed by atoms with van der Waals surface area (Å²) < 4.78 is 2.14. The molecular weight excluding hydrogens is 254 g/mol. The number of nitrogens with one attached hydrogen (secondary N) is 1. The van der Waals surface area contributed by atoms with E-state index in [9.17, 15) is 0 Å². The number of aromatic nitrogens is 2. The molecule has 0 saturated heterocycles. The predicted molar refractivity (Wildman–Crippen MR) is 83.7 cm³/mol. The van der Waals surface area contributed by atoms with Crippen LogP contribution in [0.3, 0.4) is 0 Å². The van der Waals surface area contributed by atoms with E-state index in [0.29, 0.717) is 6.04 Å². The number of nitrogens with zero attached hydrogens (tertiary/aromatic N) is 2. The largest absolute Gasteiger partial charge is 0.308 e. The Morgan fingerprint density at radius 1 is 1.32 bits per heavy atom. The summed E-state index contributed by atoms with van der Waals surface area (Å²) in [5.41, 5.74) is 2.55. The van der Waals surface area contributed by atoms with Crippen LogP contribution in [-0.2, 0) is 19.5 Å². The normalized spacial score (nSPS) is 23.7. The van der Waals surface area contributed by atoms with E-state index >= 15 is 0 Å². The van der Waals surface area contributed by atoms with Gasteiger partial charge in [-0.1, -0.05) is 6.92 Å². The van der Waals surface area contributed by atoms with Gasteiger partial charge in [-0.3, -0.25) is 4.68 Å². The Kier molecular flexibility index (Phi) is 5.76. The zero-order valence-electron chi connectivity index (χ0n) is 12.5. The highest BCUT2D eigenvalue weighted by Crippen LogP contribution is 2.26. The van der Waals surface area contributed by atoms with Crippen LogP contribution in [0.25, 0.3) is 0 Å². The third kappa shape index (κ3) is 3.99. The molecule has 108 valence electrons. The topological polar surface area (TPSA) is 29.9 Å². The van der Waals surface area contributed by atoms with E-state index in [4.69, 9.17) is 0 Å². The second-order valence-corrected chi connectivity index (χ2v) is 6.52. The number of thioether (sulfide) groups is 1. The van der Waals surface area contributed by atoms with Gasteiger partial charge < -0.3 is 5.32 Å². The first-order valence-electron chi connectivity index (χ1n) is 7.58. The average Bonchev–Trinajstić information content (AvgIpc) is 2.88. The molecule has 0 unspecified atom stereocenters. The maximum atomic E-state index is 4.61. The van der Waals surface area contributed by atoms with Crippen LogP contribution in [0.2, 0.25) is 0 Å². The summed E-state index contributed by atoms with van der Waals surface area (Å²) in [4.78, 5) is 0. The molecule has 2 rings (SSSR count). The highest BCUT2D eigenvalue weighted by molar-refractivity contribution is 7.99. The molecule has 1 aromatic rings. The van der Waals surface area contributed by atoms with Gasteiger partial charge in [-0.25, -0.2) is 0 Å². The monoisotopic (exact) mass is 281 g/mol. The molecule has 1 aromatic heterocycles. The first kappa shape index (κ1) is 14.9.